The third-order valence-corrected chi connectivity index (χ3v) is 7.14. The number of nitrogens with zero attached hydrogens (tertiary/aromatic N) is 2. The summed E-state index contributed by atoms with van der Waals surface area (Å²) < 4.78 is 24.5. The van der Waals surface area contributed by atoms with Gasteiger partial charge in [0.15, 0.2) is 17.3 Å². The predicted octanol–water partition coefficient (Wildman–Crippen LogP) is 4.31. The van der Waals surface area contributed by atoms with E-state index in [1.54, 1.807) is 14.2 Å². The number of methoxy groups -OCH3 is 2. The van der Waals surface area contributed by atoms with Crippen LogP contribution in [-0.4, -0.2) is 35.8 Å². The summed E-state index contributed by atoms with van der Waals surface area (Å²) in [4.78, 5) is 17.9. The van der Waals surface area contributed by atoms with E-state index in [4.69, 9.17) is 23.9 Å². The molecule has 8 nitrogen and oxygen atoms in total. The molecule has 0 radical (unpaired) electrons. The van der Waals surface area contributed by atoms with Crippen LogP contribution in [0.3, 0.4) is 0 Å². The quantitative estimate of drug-likeness (QED) is 0.776. The molecule has 3 heterocycles. The van der Waals surface area contributed by atoms with Crippen LogP contribution in [0.15, 0.2) is 15.9 Å². The minimum absolute atomic E-state index is 0.108. The zero-order valence-corrected chi connectivity index (χ0v) is 18.1. The minimum atomic E-state index is -0.288. The first-order chi connectivity index (χ1) is 14.6. The number of nitrogens with one attached hydrogen (secondary N) is 1. The summed E-state index contributed by atoms with van der Waals surface area (Å²) in [7, 11) is 3.17. The molecule has 5 rings (SSSR count). The molecule has 2 aliphatic heterocycles. The summed E-state index contributed by atoms with van der Waals surface area (Å²) in [6.45, 7) is 2.10. The van der Waals surface area contributed by atoms with E-state index in [9.17, 15) is 4.79 Å². The van der Waals surface area contributed by atoms with Gasteiger partial charge in [0.2, 0.25) is 18.3 Å². The Balaban J connectivity index is 1.68. The van der Waals surface area contributed by atoms with Crippen LogP contribution in [0.4, 0.5) is 5.82 Å². The minimum Gasteiger partial charge on any atom is -0.492 e. The van der Waals surface area contributed by atoms with E-state index in [1.165, 1.54) is 31.0 Å². The molecule has 160 valence electrons. The second-order valence-electron chi connectivity index (χ2n) is 7.73. The third kappa shape index (κ3) is 2.98. The topological polar surface area (TPSA) is 87.1 Å². The first-order valence-corrected chi connectivity index (χ1v) is 11.1. The standard InChI is InChI=1S/C21H25N3O5S/c1-11-22-20-15(21(25)23-24(20)12-7-5-4-6-8-12)19(30-11)13-9-14-17(29-10-28-14)18(27-3)16(13)26-2/h9,12,19H,4-8,10H2,1-3H3,(H,23,25)/t19-/m1/s1. The molecule has 9 heteroatoms. The molecule has 1 aromatic carbocycles. The van der Waals surface area contributed by atoms with Gasteiger partial charge >= 0.3 is 0 Å². The van der Waals surface area contributed by atoms with Crippen LogP contribution >= 0.6 is 11.8 Å². The number of fused-ring (bicyclic) bond motifs is 2. The molecular weight excluding hydrogens is 406 g/mol. The lowest BCUT2D eigenvalue weighted by molar-refractivity contribution is 0.170. The molecule has 3 aliphatic rings. The fourth-order valence-electron chi connectivity index (χ4n) is 4.64. The van der Waals surface area contributed by atoms with Crippen LogP contribution in [0.2, 0.25) is 0 Å². The highest BCUT2D eigenvalue weighted by Crippen LogP contribution is 2.55. The summed E-state index contributed by atoms with van der Waals surface area (Å²) in [5.74, 6) is 2.87. The molecule has 1 N–H and O–H groups in total. The second kappa shape index (κ2) is 7.61. The van der Waals surface area contributed by atoms with Gasteiger partial charge in [-0.3, -0.25) is 14.6 Å². The number of rotatable bonds is 4. The van der Waals surface area contributed by atoms with Crippen molar-refractivity contribution in [1.82, 2.24) is 9.78 Å². The number of aromatic nitrogens is 2. The Hall–Kier alpha value is -2.55. The highest BCUT2D eigenvalue weighted by molar-refractivity contribution is 8.14. The summed E-state index contributed by atoms with van der Waals surface area (Å²) in [6, 6.07) is 2.17. The number of ether oxygens (including phenoxy) is 4. The van der Waals surface area contributed by atoms with Gasteiger partial charge in [-0.1, -0.05) is 31.0 Å². The molecule has 1 fully saturated rings. The maximum absolute atomic E-state index is 13.1. The molecule has 0 saturated heterocycles. The number of H-pyrrole nitrogens is 1. The van der Waals surface area contributed by atoms with Gasteiger partial charge in [0, 0.05) is 5.56 Å². The van der Waals surface area contributed by atoms with Gasteiger partial charge in [0.05, 0.1) is 36.1 Å². The van der Waals surface area contributed by atoms with E-state index < -0.39 is 0 Å². The molecule has 0 bridgehead atoms. The summed E-state index contributed by atoms with van der Waals surface area (Å²) in [5, 5.41) is 3.69. The summed E-state index contributed by atoms with van der Waals surface area (Å²) >= 11 is 1.54. The number of thioether (sulfide) groups is 1. The van der Waals surface area contributed by atoms with E-state index in [0.717, 1.165) is 29.3 Å². The molecule has 0 unspecified atom stereocenters. The van der Waals surface area contributed by atoms with Crippen molar-refractivity contribution in [3.8, 4) is 23.0 Å². The van der Waals surface area contributed by atoms with Crippen LogP contribution < -0.4 is 24.5 Å². The summed E-state index contributed by atoms with van der Waals surface area (Å²) in [6.07, 6.45) is 5.72. The number of hydrogen-bond donors (Lipinski definition) is 1. The molecule has 30 heavy (non-hydrogen) atoms. The van der Waals surface area contributed by atoms with Gasteiger partial charge in [-0.25, -0.2) is 4.99 Å². The maximum Gasteiger partial charge on any atom is 0.271 e. The lowest BCUT2D eigenvalue weighted by atomic mass is 9.95. The van der Waals surface area contributed by atoms with Crippen molar-refractivity contribution in [1.29, 1.82) is 0 Å². The molecule has 1 atom stereocenters. The van der Waals surface area contributed by atoms with Crippen molar-refractivity contribution >= 4 is 22.6 Å². The van der Waals surface area contributed by atoms with E-state index in [-0.39, 0.29) is 23.6 Å². The Kier molecular flexibility index (Phi) is 4.92. The van der Waals surface area contributed by atoms with Crippen molar-refractivity contribution in [2.24, 2.45) is 4.99 Å². The Morgan fingerprint density at radius 2 is 1.93 bits per heavy atom. The number of aromatic amines is 1. The lowest BCUT2D eigenvalue weighted by Gasteiger charge is -2.27. The van der Waals surface area contributed by atoms with Gasteiger partial charge in [-0.15, -0.1) is 0 Å². The zero-order chi connectivity index (χ0) is 20.8. The first-order valence-electron chi connectivity index (χ1n) is 10.2. The highest BCUT2D eigenvalue weighted by atomic mass is 32.2. The molecule has 2 aromatic rings. The lowest BCUT2D eigenvalue weighted by Crippen LogP contribution is -2.16. The first kappa shape index (κ1) is 19.4. The number of aliphatic imine (C=N–C) groups is 1. The number of benzene rings is 1. The normalized spacial score (nSPS) is 20.6. The van der Waals surface area contributed by atoms with Gasteiger partial charge in [0.1, 0.15) is 0 Å². The average molecular weight is 432 g/mol. The average Bonchev–Trinajstić information content (AvgIpc) is 3.36. The van der Waals surface area contributed by atoms with Gasteiger partial charge in [0.25, 0.3) is 5.56 Å². The Bertz CT molecular complexity index is 1070. The van der Waals surface area contributed by atoms with Gasteiger partial charge in [-0.05, 0) is 25.8 Å². The van der Waals surface area contributed by atoms with Crippen molar-refractivity contribution in [3.63, 3.8) is 0 Å². The molecule has 0 spiro atoms. The van der Waals surface area contributed by atoms with Crippen LogP contribution in [0.25, 0.3) is 0 Å². The second-order valence-corrected chi connectivity index (χ2v) is 9.03. The maximum atomic E-state index is 13.1. The van der Waals surface area contributed by atoms with Crippen molar-refractivity contribution in [2.45, 2.75) is 50.3 Å². The number of hydrogen-bond acceptors (Lipinski definition) is 7. The molecular formula is C21H25N3O5S. The van der Waals surface area contributed by atoms with Crippen molar-refractivity contribution in [2.75, 3.05) is 21.0 Å². The predicted molar refractivity (Wildman–Crippen MR) is 115 cm³/mol. The van der Waals surface area contributed by atoms with E-state index in [2.05, 4.69) is 5.10 Å². The fourth-order valence-corrected chi connectivity index (χ4v) is 5.75. The van der Waals surface area contributed by atoms with E-state index >= 15 is 0 Å². The zero-order valence-electron chi connectivity index (χ0n) is 17.3. The molecule has 1 aliphatic carbocycles. The van der Waals surface area contributed by atoms with Gasteiger partial charge in [-0.2, -0.15) is 0 Å². The Morgan fingerprint density at radius 3 is 2.67 bits per heavy atom. The van der Waals surface area contributed by atoms with Crippen LogP contribution in [0, 0.1) is 0 Å². The van der Waals surface area contributed by atoms with E-state index in [0.29, 0.717) is 28.6 Å². The Morgan fingerprint density at radius 1 is 1.17 bits per heavy atom. The highest BCUT2D eigenvalue weighted by Gasteiger charge is 2.37. The largest absolute Gasteiger partial charge is 0.492 e. The monoisotopic (exact) mass is 431 g/mol. The molecule has 0 amide bonds. The van der Waals surface area contributed by atoms with Gasteiger partial charge < -0.3 is 18.9 Å². The Labute approximate surface area is 178 Å². The fraction of sp³-hybridized carbons (Fsp3) is 0.524. The van der Waals surface area contributed by atoms with Crippen LogP contribution in [-0.2, 0) is 0 Å². The SMILES string of the molecule is COc1c([C@H]2SC(C)=Nc3c2c(=O)[nH]n3C2CCCCC2)cc2c(c1OC)OCO2. The summed E-state index contributed by atoms with van der Waals surface area (Å²) in [5.41, 5.74) is 1.35. The third-order valence-electron chi connectivity index (χ3n) is 5.98. The van der Waals surface area contributed by atoms with Crippen molar-refractivity contribution in [3.05, 3.63) is 27.5 Å². The van der Waals surface area contributed by atoms with Crippen LogP contribution in [0.1, 0.15) is 61.4 Å². The molecule has 1 saturated carbocycles. The van der Waals surface area contributed by atoms with E-state index in [1.807, 2.05) is 17.7 Å². The smallest absolute Gasteiger partial charge is 0.271 e. The van der Waals surface area contributed by atoms with Crippen LogP contribution in [0.5, 0.6) is 23.0 Å². The molecule has 1 aromatic heterocycles. The van der Waals surface area contributed by atoms with Crippen molar-refractivity contribution < 1.29 is 18.9 Å².